The van der Waals surface area contributed by atoms with Crippen molar-refractivity contribution in [1.82, 2.24) is 5.32 Å². The van der Waals surface area contributed by atoms with Crippen LogP contribution < -0.4 is 5.32 Å². The van der Waals surface area contributed by atoms with E-state index < -0.39 is 0 Å². The zero-order valence-electron chi connectivity index (χ0n) is 9.89. The number of carbonyl (C=O) groups is 1. The minimum atomic E-state index is -0.140. The summed E-state index contributed by atoms with van der Waals surface area (Å²) >= 11 is 0. The normalized spacial score (nSPS) is 30.8. The maximum atomic E-state index is 12.0. The lowest BCUT2D eigenvalue weighted by Gasteiger charge is -2.18. The average molecular weight is 197 g/mol. The molecule has 0 aliphatic heterocycles. The van der Waals surface area contributed by atoms with E-state index in [4.69, 9.17) is 0 Å². The summed E-state index contributed by atoms with van der Waals surface area (Å²) in [5.74, 6) is 1.62. The molecule has 2 heteroatoms. The van der Waals surface area contributed by atoms with Gasteiger partial charge >= 0.3 is 0 Å². The first-order chi connectivity index (χ1) is 6.58. The van der Waals surface area contributed by atoms with Crippen molar-refractivity contribution in [2.24, 2.45) is 11.8 Å². The fourth-order valence-electron chi connectivity index (χ4n) is 2.48. The van der Waals surface area contributed by atoms with Crippen LogP contribution in [-0.4, -0.2) is 17.9 Å². The molecule has 82 valence electrons. The first kappa shape index (κ1) is 11.7. The van der Waals surface area contributed by atoms with Gasteiger partial charge in [0.2, 0.25) is 0 Å². The Bertz CT molecular complexity index is 212. The Kier molecular flexibility index (Phi) is 3.71. The van der Waals surface area contributed by atoms with Gasteiger partial charge in [-0.1, -0.05) is 27.7 Å². The Hall–Kier alpha value is -0.370. The molecule has 0 bridgehead atoms. The van der Waals surface area contributed by atoms with Gasteiger partial charge in [-0.3, -0.25) is 4.79 Å². The Labute approximate surface area is 87.5 Å². The fourth-order valence-corrected chi connectivity index (χ4v) is 2.48. The summed E-state index contributed by atoms with van der Waals surface area (Å²) in [7, 11) is 0. The molecule has 1 aliphatic carbocycles. The van der Waals surface area contributed by atoms with E-state index in [0.29, 0.717) is 17.6 Å². The lowest BCUT2D eigenvalue weighted by atomic mass is 9.98. The molecule has 0 amide bonds. The highest BCUT2D eigenvalue weighted by atomic mass is 16.1. The topological polar surface area (TPSA) is 29.1 Å². The predicted octanol–water partition coefficient (Wildman–Crippen LogP) is 2.38. The van der Waals surface area contributed by atoms with E-state index >= 15 is 0 Å². The molecule has 0 spiro atoms. The van der Waals surface area contributed by atoms with Gasteiger partial charge in [0.15, 0.2) is 5.78 Å². The van der Waals surface area contributed by atoms with Crippen molar-refractivity contribution in [3.8, 4) is 0 Å². The second-order valence-corrected chi connectivity index (χ2v) is 4.73. The van der Waals surface area contributed by atoms with Crippen LogP contribution in [0.4, 0.5) is 0 Å². The van der Waals surface area contributed by atoms with E-state index in [1.54, 1.807) is 0 Å². The molecule has 0 aromatic rings. The largest absolute Gasteiger partial charge is 0.305 e. The second-order valence-electron chi connectivity index (χ2n) is 4.73. The first-order valence-electron chi connectivity index (χ1n) is 5.86. The SMILES string of the molecule is CCCC(=O)C1(NCC)C[C@H]1C(C)C. The Morgan fingerprint density at radius 3 is 2.50 bits per heavy atom. The number of carbonyl (C=O) groups excluding carboxylic acids is 1. The lowest BCUT2D eigenvalue weighted by Crippen LogP contribution is -2.41. The van der Waals surface area contributed by atoms with Gasteiger partial charge < -0.3 is 5.32 Å². The molecular weight excluding hydrogens is 174 g/mol. The second kappa shape index (κ2) is 4.43. The van der Waals surface area contributed by atoms with Crippen molar-refractivity contribution < 1.29 is 4.79 Å². The molecular formula is C12H23NO. The monoisotopic (exact) mass is 197 g/mol. The van der Waals surface area contributed by atoms with E-state index in [1.807, 2.05) is 0 Å². The van der Waals surface area contributed by atoms with Crippen LogP contribution in [-0.2, 0) is 4.79 Å². The lowest BCUT2D eigenvalue weighted by molar-refractivity contribution is -0.122. The summed E-state index contributed by atoms with van der Waals surface area (Å²) in [6.07, 6.45) is 2.75. The molecule has 0 heterocycles. The fraction of sp³-hybridized carbons (Fsp3) is 0.917. The van der Waals surface area contributed by atoms with E-state index in [1.165, 1.54) is 0 Å². The van der Waals surface area contributed by atoms with Crippen molar-refractivity contribution in [3.05, 3.63) is 0 Å². The molecule has 1 rings (SSSR count). The molecule has 0 radical (unpaired) electrons. The minimum absolute atomic E-state index is 0.140. The van der Waals surface area contributed by atoms with Crippen molar-refractivity contribution in [3.63, 3.8) is 0 Å². The summed E-state index contributed by atoms with van der Waals surface area (Å²) in [5, 5.41) is 3.40. The zero-order valence-corrected chi connectivity index (χ0v) is 9.89. The van der Waals surface area contributed by atoms with Crippen molar-refractivity contribution in [2.45, 2.75) is 52.5 Å². The molecule has 0 aromatic heterocycles. The Morgan fingerprint density at radius 1 is 1.50 bits per heavy atom. The first-order valence-corrected chi connectivity index (χ1v) is 5.86. The molecule has 0 aromatic carbocycles. The summed E-state index contributed by atoms with van der Waals surface area (Å²) in [5.41, 5.74) is -0.140. The van der Waals surface area contributed by atoms with Crippen LogP contribution in [0, 0.1) is 11.8 Å². The number of rotatable bonds is 6. The summed E-state index contributed by atoms with van der Waals surface area (Å²) in [4.78, 5) is 12.0. The maximum Gasteiger partial charge on any atom is 0.153 e. The Balaban J connectivity index is 2.62. The average Bonchev–Trinajstić information content (AvgIpc) is 2.82. The molecule has 0 saturated heterocycles. The van der Waals surface area contributed by atoms with Crippen LogP contribution in [0.15, 0.2) is 0 Å². The van der Waals surface area contributed by atoms with Crippen LogP contribution >= 0.6 is 0 Å². The van der Waals surface area contributed by atoms with Crippen LogP contribution in [0.1, 0.15) is 47.0 Å². The molecule has 14 heavy (non-hydrogen) atoms. The van der Waals surface area contributed by atoms with Crippen molar-refractivity contribution >= 4 is 5.78 Å². The third-order valence-corrected chi connectivity index (χ3v) is 3.29. The number of Topliss-reactive ketones (excluding diaryl/α,β-unsaturated/α-hetero) is 1. The number of nitrogens with one attached hydrogen (secondary N) is 1. The van der Waals surface area contributed by atoms with E-state index in [-0.39, 0.29) is 5.54 Å². The minimum Gasteiger partial charge on any atom is -0.305 e. The maximum absolute atomic E-state index is 12.0. The van der Waals surface area contributed by atoms with E-state index in [9.17, 15) is 4.79 Å². The van der Waals surface area contributed by atoms with Gasteiger partial charge in [-0.05, 0) is 31.2 Å². The predicted molar refractivity (Wildman–Crippen MR) is 59.3 cm³/mol. The molecule has 1 unspecified atom stereocenters. The molecule has 1 N–H and O–H groups in total. The number of likely N-dealkylation sites (N-methyl/N-ethyl adjacent to an activating group) is 1. The molecule has 2 nitrogen and oxygen atoms in total. The van der Waals surface area contributed by atoms with Gasteiger partial charge in [-0.15, -0.1) is 0 Å². The third kappa shape index (κ3) is 2.00. The van der Waals surface area contributed by atoms with Crippen LogP contribution in [0.3, 0.4) is 0 Å². The smallest absolute Gasteiger partial charge is 0.153 e. The van der Waals surface area contributed by atoms with Crippen molar-refractivity contribution in [1.29, 1.82) is 0 Å². The van der Waals surface area contributed by atoms with Crippen LogP contribution in [0.25, 0.3) is 0 Å². The summed E-state index contributed by atoms with van der Waals surface area (Å²) in [6, 6.07) is 0. The van der Waals surface area contributed by atoms with Gasteiger partial charge in [-0.25, -0.2) is 0 Å². The van der Waals surface area contributed by atoms with Gasteiger partial charge in [0.25, 0.3) is 0 Å². The van der Waals surface area contributed by atoms with Gasteiger partial charge in [0.1, 0.15) is 0 Å². The highest BCUT2D eigenvalue weighted by Crippen LogP contribution is 2.49. The quantitative estimate of drug-likeness (QED) is 0.708. The zero-order chi connectivity index (χ0) is 10.8. The summed E-state index contributed by atoms with van der Waals surface area (Å²) in [6.45, 7) is 9.48. The Morgan fingerprint density at radius 2 is 2.14 bits per heavy atom. The third-order valence-electron chi connectivity index (χ3n) is 3.29. The molecule has 2 atom stereocenters. The van der Waals surface area contributed by atoms with Gasteiger partial charge in [0, 0.05) is 6.42 Å². The molecule has 1 saturated carbocycles. The van der Waals surface area contributed by atoms with E-state index in [0.717, 1.165) is 25.8 Å². The van der Waals surface area contributed by atoms with Gasteiger partial charge in [-0.2, -0.15) is 0 Å². The summed E-state index contributed by atoms with van der Waals surface area (Å²) < 4.78 is 0. The van der Waals surface area contributed by atoms with Crippen LogP contribution in [0.2, 0.25) is 0 Å². The van der Waals surface area contributed by atoms with Crippen LogP contribution in [0.5, 0.6) is 0 Å². The van der Waals surface area contributed by atoms with Gasteiger partial charge in [0.05, 0.1) is 5.54 Å². The van der Waals surface area contributed by atoms with E-state index in [2.05, 4.69) is 33.0 Å². The number of ketones is 1. The number of hydrogen-bond donors (Lipinski definition) is 1. The number of hydrogen-bond acceptors (Lipinski definition) is 2. The molecule has 1 fully saturated rings. The highest BCUT2D eigenvalue weighted by Gasteiger charge is 2.59. The molecule has 1 aliphatic rings. The van der Waals surface area contributed by atoms with Crippen molar-refractivity contribution in [2.75, 3.05) is 6.54 Å². The highest BCUT2D eigenvalue weighted by molar-refractivity contribution is 5.92. The standard InChI is InChI=1S/C12H23NO/c1-5-7-11(14)12(13-6-2)8-10(12)9(3)4/h9-10,13H,5-8H2,1-4H3/t10-,12?/m0/s1.